The van der Waals surface area contributed by atoms with Crippen LogP contribution in [-0.4, -0.2) is 45.6 Å². The van der Waals surface area contributed by atoms with Gasteiger partial charge in [-0.3, -0.25) is 14.7 Å². The van der Waals surface area contributed by atoms with E-state index in [0.29, 0.717) is 11.8 Å². The Bertz CT molecular complexity index is 947. The molecule has 0 fully saturated rings. The van der Waals surface area contributed by atoms with Gasteiger partial charge in [-0.25, -0.2) is 4.68 Å². The van der Waals surface area contributed by atoms with E-state index < -0.39 is 17.3 Å². The predicted octanol–water partition coefficient (Wildman–Crippen LogP) is 3.28. The number of rotatable bonds is 3. The van der Waals surface area contributed by atoms with Crippen LogP contribution in [0.3, 0.4) is 0 Å². The fourth-order valence-corrected chi connectivity index (χ4v) is 2.39. The van der Waals surface area contributed by atoms with Crippen LogP contribution in [0.1, 0.15) is 15.9 Å². The van der Waals surface area contributed by atoms with Gasteiger partial charge in [0.2, 0.25) is 0 Å². The number of carbonyl (C=O) groups is 1. The van der Waals surface area contributed by atoms with E-state index in [1.165, 1.54) is 12.1 Å². The molecule has 25 heavy (non-hydrogen) atoms. The number of halogens is 3. The Morgan fingerprint density at radius 3 is 2.28 bits per heavy atom. The van der Waals surface area contributed by atoms with Crippen LogP contribution >= 0.6 is 0 Å². The normalized spacial score (nSPS) is 11.0. The van der Waals surface area contributed by atoms with Crippen molar-refractivity contribution < 1.29 is 18.0 Å². The van der Waals surface area contributed by atoms with Crippen molar-refractivity contribution >= 4 is 35.8 Å². The average Bonchev–Trinajstić information content (AvgIpc) is 2.91. The first-order valence-corrected chi connectivity index (χ1v) is 6.95. The van der Waals surface area contributed by atoms with E-state index in [1.807, 2.05) is 0 Å². The molecule has 1 N–H and O–H groups in total. The van der Waals surface area contributed by atoms with Crippen LogP contribution in [0.5, 0.6) is 0 Å². The largest absolute Gasteiger partial charge is 0.416 e. The first-order chi connectivity index (χ1) is 11.4. The van der Waals surface area contributed by atoms with Crippen LogP contribution in [0, 0.1) is 0 Å². The maximum absolute atomic E-state index is 12.8. The van der Waals surface area contributed by atoms with E-state index in [-0.39, 0.29) is 46.5 Å². The minimum Gasteiger partial charge on any atom is -0.298 e. The van der Waals surface area contributed by atoms with Crippen LogP contribution in [0.4, 0.5) is 13.2 Å². The molecular formula is C17H11F3N2NaO2. The van der Waals surface area contributed by atoms with Crippen LogP contribution in [0.25, 0.3) is 16.9 Å². The van der Waals surface area contributed by atoms with Crippen molar-refractivity contribution in [1.29, 1.82) is 0 Å². The standard InChI is InChI=1S/C17H11F3N2O2.Na/c18-17(19,20)12-7-4-8-13(9-12)22-16(24)14(10-23)15(21-22)11-5-2-1-3-6-11;/h1-10,21H;. The third-order valence-electron chi connectivity index (χ3n) is 3.54. The number of aromatic amines is 1. The van der Waals surface area contributed by atoms with Crippen LogP contribution in [-0.2, 0) is 6.18 Å². The average molecular weight is 355 g/mol. The van der Waals surface area contributed by atoms with Crippen molar-refractivity contribution in [2.45, 2.75) is 6.18 Å². The zero-order valence-electron chi connectivity index (χ0n) is 13.2. The minimum absolute atomic E-state index is 0. The first-order valence-electron chi connectivity index (χ1n) is 6.95. The van der Waals surface area contributed by atoms with Gasteiger partial charge in [0, 0.05) is 35.1 Å². The SMILES string of the molecule is O=Cc1c(-c2ccccc2)[nH]n(-c2cccc(C(F)(F)F)c2)c1=O.[Na]. The molecular weight excluding hydrogens is 344 g/mol. The zero-order chi connectivity index (χ0) is 17.3. The Labute approximate surface area is 162 Å². The number of aldehydes is 1. The molecule has 0 atom stereocenters. The van der Waals surface area contributed by atoms with Crippen molar-refractivity contribution in [3.05, 3.63) is 76.1 Å². The molecule has 0 amide bonds. The molecule has 123 valence electrons. The molecule has 2 aromatic carbocycles. The summed E-state index contributed by atoms with van der Waals surface area (Å²) < 4.78 is 39.5. The summed E-state index contributed by atoms with van der Waals surface area (Å²) in [5, 5.41) is 2.72. The number of benzene rings is 2. The molecule has 0 aliphatic heterocycles. The van der Waals surface area contributed by atoms with E-state index >= 15 is 0 Å². The van der Waals surface area contributed by atoms with Crippen molar-refractivity contribution in [3.63, 3.8) is 0 Å². The molecule has 1 heterocycles. The van der Waals surface area contributed by atoms with Gasteiger partial charge in [0.1, 0.15) is 5.56 Å². The molecule has 1 radical (unpaired) electrons. The smallest absolute Gasteiger partial charge is 0.298 e. The fourth-order valence-electron chi connectivity index (χ4n) is 2.39. The first kappa shape index (κ1) is 19.2. The van der Waals surface area contributed by atoms with E-state index in [0.717, 1.165) is 16.8 Å². The summed E-state index contributed by atoms with van der Waals surface area (Å²) in [4.78, 5) is 23.7. The van der Waals surface area contributed by atoms with Crippen molar-refractivity contribution in [1.82, 2.24) is 9.78 Å². The maximum Gasteiger partial charge on any atom is 0.416 e. The molecule has 0 unspecified atom stereocenters. The van der Waals surface area contributed by atoms with Gasteiger partial charge in [0.15, 0.2) is 6.29 Å². The Kier molecular flexibility index (Phi) is 5.72. The third-order valence-corrected chi connectivity index (χ3v) is 3.54. The van der Waals surface area contributed by atoms with Crippen molar-refractivity contribution in [2.24, 2.45) is 0 Å². The third kappa shape index (κ3) is 3.78. The summed E-state index contributed by atoms with van der Waals surface area (Å²) in [5.41, 5.74) is -0.882. The number of alkyl halides is 3. The number of nitrogens with zero attached hydrogens (tertiary/aromatic N) is 1. The van der Waals surface area contributed by atoms with Gasteiger partial charge in [-0.15, -0.1) is 0 Å². The molecule has 0 aliphatic rings. The van der Waals surface area contributed by atoms with Crippen molar-refractivity contribution in [3.8, 4) is 16.9 Å². The predicted molar refractivity (Wildman–Crippen MR) is 88.0 cm³/mol. The summed E-state index contributed by atoms with van der Waals surface area (Å²) in [5.74, 6) is 0. The Morgan fingerprint density at radius 2 is 1.68 bits per heavy atom. The number of carbonyl (C=O) groups excluding carboxylic acids is 1. The summed E-state index contributed by atoms with van der Waals surface area (Å²) >= 11 is 0. The number of hydrogen-bond acceptors (Lipinski definition) is 2. The molecule has 3 rings (SSSR count). The molecule has 0 saturated heterocycles. The number of hydrogen-bond donors (Lipinski definition) is 1. The van der Waals surface area contributed by atoms with Gasteiger partial charge in [-0.1, -0.05) is 36.4 Å². The Morgan fingerprint density at radius 1 is 1.00 bits per heavy atom. The Balaban J connectivity index is 0.00000225. The Hall–Kier alpha value is -2.09. The molecule has 3 aromatic rings. The van der Waals surface area contributed by atoms with Gasteiger partial charge in [0.25, 0.3) is 5.56 Å². The molecule has 1 aromatic heterocycles. The van der Waals surface area contributed by atoms with E-state index in [4.69, 9.17) is 0 Å². The summed E-state index contributed by atoms with van der Waals surface area (Å²) in [6.07, 6.45) is -4.13. The number of nitrogens with one attached hydrogen (secondary N) is 1. The maximum atomic E-state index is 12.8. The monoisotopic (exact) mass is 355 g/mol. The molecule has 4 nitrogen and oxygen atoms in total. The van der Waals surface area contributed by atoms with Crippen molar-refractivity contribution in [2.75, 3.05) is 0 Å². The summed E-state index contributed by atoms with van der Waals surface area (Å²) in [6, 6.07) is 12.9. The van der Waals surface area contributed by atoms with Gasteiger partial charge < -0.3 is 0 Å². The van der Waals surface area contributed by atoms with Crippen LogP contribution < -0.4 is 5.56 Å². The second kappa shape index (κ2) is 7.43. The molecule has 0 spiro atoms. The van der Waals surface area contributed by atoms with Crippen LogP contribution in [0.15, 0.2) is 59.4 Å². The quantitative estimate of drug-likeness (QED) is 0.579. The van der Waals surface area contributed by atoms with E-state index in [1.54, 1.807) is 30.3 Å². The fraction of sp³-hybridized carbons (Fsp3) is 0.0588. The van der Waals surface area contributed by atoms with E-state index in [9.17, 15) is 22.8 Å². The molecule has 0 bridgehead atoms. The van der Waals surface area contributed by atoms with E-state index in [2.05, 4.69) is 5.10 Å². The second-order valence-electron chi connectivity index (χ2n) is 5.07. The molecule has 8 heteroatoms. The van der Waals surface area contributed by atoms with Gasteiger partial charge in [0.05, 0.1) is 16.9 Å². The van der Waals surface area contributed by atoms with Gasteiger partial charge >= 0.3 is 6.18 Å². The topological polar surface area (TPSA) is 54.9 Å². The van der Waals surface area contributed by atoms with Gasteiger partial charge in [-0.05, 0) is 18.2 Å². The zero-order valence-corrected chi connectivity index (χ0v) is 15.2. The van der Waals surface area contributed by atoms with Gasteiger partial charge in [-0.2, -0.15) is 13.2 Å². The molecule has 0 saturated carbocycles. The summed E-state index contributed by atoms with van der Waals surface area (Å²) in [7, 11) is 0. The number of H-pyrrole nitrogens is 1. The minimum atomic E-state index is -4.53. The second-order valence-corrected chi connectivity index (χ2v) is 5.07. The summed E-state index contributed by atoms with van der Waals surface area (Å²) in [6.45, 7) is 0. The number of aromatic nitrogens is 2. The molecule has 0 aliphatic carbocycles. The van der Waals surface area contributed by atoms with Crippen LogP contribution in [0.2, 0.25) is 0 Å².